The minimum absolute atomic E-state index is 0.0234. The fourth-order valence-corrected chi connectivity index (χ4v) is 2.32. The molecule has 0 aromatic carbocycles. The Morgan fingerprint density at radius 2 is 2.32 bits per heavy atom. The van der Waals surface area contributed by atoms with Crippen molar-refractivity contribution in [2.24, 2.45) is 0 Å². The molecule has 0 spiro atoms. The van der Waals surface area contributed by atoms with E-state index < -0.39 is 0 Å². The largest absolute Gasteiger partial charge is 0.395 e. The summed E-state index contributed by atoms with van der Waals surface area (Å²) >= 11 is 1.37. The van der Waals surface area contributed by atoms with Crippen LogP contribution in [0.25, 0.3) is 0 Å². The van der Waals surface area contributed by atoms with E-state index in [0.29, 0.717) is 17.9 Å². The molecule has 1 heterocycles. The maximum absolute atomic E-state index is 12.2. The Bertz CT molecular complexity index is 473. The van der Waals surface area contributed by atoms with Gasteiger partial charge >= 0.3 is 0 Å². The molecule has 0 saturated heterocycles. The molecular formula is C14H19NO3S. The van der Waals surface area contributed by atoms with Crippen molar-refractivity contribution in [3.05, 3.63) is 21.9 Å². The summed E-state index contributed by atoms with van der Waals surface area (Å²) < 4.78 is 5.04. The van der Waals surface area contributed by atoms with Gasteiger partial charge in [0.15, 0.2) is 0 Å². The number of likely N-dealkylation sites (N-methyl/N-ethyl adjacent to an activating group) is 1. The molecule has 1 rings (SSSR count). The number of methoxy groups -OCH3 is 1. The first-order valence-corrected chi connectivity index (χ1v) is 6.87. The van der Waals surface area contributed by atoms with Crippen molar-refractivity contribution >= 4 is 17.2 Å². The van der Waals surface area contributed by atoms with Crippen LogP contribution in [-0.4, -0.2) is 49.3 Å². The van der Waals surface area contributed by atoms with Crippen LogP contribution < -0.4 is 0 Å². The second-order valence-corrected chi connectivity index (χ2v) is 5.24. The van der Waals surface area contributed by atoms with Gasteiger partial charge in [0.2, 0.25) is 0 Å². The van der Waals surface area contributed by atoms with Crippen LogP contribution in [0.3, 0.4) is 0 Å². The second kappa shape index (κ2) is 7.95. The fraction of sp³-hybridized carbons (Fsp3) is 0.500. The van der Waals surface area contributed by atoms with Gasteiger partial charge in [0.1, 0.15) is 0 Å². The first-order chi connectivity index (χ1) is 9.10. The molecule has 0 bridgehead atoms. The predicted octanol–water partition coefficient (Wildman–Crippen LogP) is 1.59. The molecule has 1 unspecified atom stereocenters. The quantitative estimate of drug-likeness (QED) is 0.834. The number of thiophene rings is 1. The Morgan fingerprint density at radius 1 is 1.58 bits per heavy atom. The molecular weight excluding hydrogens is 262 g/mol. The van der Waals surface area contributed by atoms with Crippen molar-refractivity contribution < 1.29 is 14.6 Å². The maximum atomic E-state index is 12.2. The summed E-state index contributed by atoms with van der Waals surface area (Å²) in [4.78, 5) is 15.4. The molecule has 1 N–H and O–H groups in total. The van der Waals surface area contributed by atoms with Crippen molar-refractivity contribution in [3.63, 3.8) is 0 Å². The third kappa shape index (κ3) is 4.67. The number of aliphatic hydroxyl groups is 1. The van der Waals surface area contributed by atoms with Gasteiger partial charge in [-0.05, 0) is 19.1 Å². The van der Waals surface area contributed by atoms with E-state index in [2.05, 4.69) is 11.8 Å². The van der Waals surface area contributed by atoms with Gasteiger partial charge in [-0.25, -0.2) is 0 Å². The molecule has 0 fully saturated rings. The summed E-state index contributed by atoms with van der Waals surface area (Å²) in [6.45, 7) is 2.51. The highest BCUT2D eigenvalue weighted by atomic mass is 32.1. The molecule has 104 valence electrons. The third-order valence-corrected chi connectivity index (χ3v) is 3.64. The summed E-state index contributed by atoms with van der Waals surface area (Å²) in [5.41, 5.74) is 0. The molecule has 19 heavy (non-hydrogen) atoms. The Balaban J connectivity index is 2.71. The summed E-state index contributed by atoms with van der Waals surface area (Å²) in [6.07, 6.45) is 0.450. The number of rotatable bonds is 5. The summed E-state index contributed by atoms with van der Waals surface area (Å²) in [5.74, 6) is 5.75. The monoisotopic (exact) mass is 281 g/mol. The Labute approximate surface area is 118 Å². The molecule has 1 aromatic heterocycles. The van der Waals surface area contributed by atoms with E-state index in [4.69, 9.17) is 9.84 Å². The molecule has 0 aliphatic carbocycles. The van der Waals surface area contributed by atoms with Crippen LogP contribution >= 0.6 is 11.3 Å². The number of hydrogen-bond donors (Lipinski definition) is 1. The van der Waals surface area contributed by atoms with Gasteiger partial charge in [-0.2, -0.15) is 0 Å². The molecule has 0 saturated carbocycles. The minimum Gasteiger partial charge on any atom is -0.395 e. The number of aliphatic hydroxyl groups excluding tert-OH is 1. The average Bonchev–Trinajstić information content (AvgIpc) is 2.86. The average molecular weight is 281 g/mol. The van der Waals surface area contributed by atoms with Crippen molar-refractivity contribution in [1.29, 1.82) is 0 Å². The fourth-order valence-electron chi connectivity index (χ4n) is 1.45. The lowest BCUT2D eigenvalue weighted by atomic mass is 10.3. The second-order valence-electron chi connectivity index (χ2n) is 4.16. The van der Waals surface area contributed by atoms with E-state index in [9.17, 15) is 4.79 Å². The molecule has 0 radical (unpaired) electrons. The molecule has 1 atom stereocenters. The summed E-state index contributed by atoms with van der Waals surface area (Å²) in [6, 6.07) is 3.65. The number of carbonyl (C=O) groups excluding carboxylic acids is 1. The SMILES string of the molecule is COCC(C)N(C)C(=O)c1ccc(C#CCCO)s1. The lowest BCUT2D eigenvalue weighted by Gasteiger charge is -2.23. The first kappa shape index (κ1) is 15.7. The van der Waals surface area contributed by atoms with Crippen molar-refractivity contribution in [2.75, 3.05) is 27.4 Å². The van der Waals surface area contributed by atoms with Crippen molar-refractivity contribution in [2.45, 2.75) is 19.4 Å². The molecule has 5 heteroatoms. The summed E-state index contributed by atoms with van der Waals surface area (Å²) in [5, 5.41) is 8.65. The van der Waals surface area contributed by atoms with Gasteiger partial charge in [-0.15, -0.1) is 11.3 Å². The van der Waals surface area contributed by atoms with Crippen LogP contribution in [0.5, 0.6) is 0 Å². The lowest BCUT2D eigenvalue weighted by Crippen LogP contribution is -2.37. The standard InChI is InChI=1S/C14H19NO3S/c1-11(10-18-3)15(2)14(17)13-8-7-12(19-13)6-4-5-9-16/h7-8,11,16H,5,9-10H2,1-3H3. The van der Waals surface area contributed by atoms with Gasteiger partial charge in [-0.1, -0.05) is 11.8 Å². The number of amides is 1. The first-order valence-electron chi connectivity index (χ1n) is 6.05. The molecule has 0 aliphatic heterocycles. The number of nitrogens with zero attached hydrogens (tertiary/aromatic N) is 1. The highest BCUT2D eigenvalue weighted by molar-refractivity contribution is 7.14. The Kier molecular flexibility index (Phi) is 6.57. The number of ether oxygens (including phenoxy) is 1. The van der Waals surface area contributed by atoms with Crippen molar-refractivity contribution in [3.8, 4) is 11.8 Å². The van der Waals surface area contributed by atoms with E-state index in [-0.39, 0.29) is 18.6 Å². The zero-order chi connectivity index (χ0) is 14.3. The van der Waals surface area contributed by atoms with Crippen LogP contribution in [0.2, 0.25) is 0 Å². The summed E-state index contributed by atoms with van der Waals surface area (Å²) in [7, 11) is 3.39. The van der Waals surface area contributed by atoms with Gasteiger partial charge < -0.3 is 14.7 Å². The van der Waals surface area contributed by atoms with Crippen LogP contribution in [0.4, 0.5) is 0 Å². The number of carbonyl (C=O) groups is 1. The lowest BCUT2D eigenvalue weighted by molar-refractivity contribution is 0.0638. The van der Waals surface area contributed by atoms with E-state index in [1.54, 1.807) is 25.1 Å². The minimum atomic E-state index is -0.0234. The predicted molar refractivity (Wildman–Crippen MR) is 76.3 cm³/mol. The Hall–Kier alpha value is -1.35. The van der Waals surface area contributed by atoms with Crippen LogP contribution in [0.1, 0.15) is 27.9 Å². The van der Waals surface area contributed by atoms with Crippen LogP contribution in [0.15, 0.2) is 12.1 Å². The Morgan fingerprint density at radius 3 is 2.95 bits per heavy atom. The molecule has 1 amide bonds. The van der Waals surface area contributed by atoms with Gasteiger partial charge in [0, 0.05) is 20.6 Å². The smallest absolute Gasteiger partial charge is 0.264 e. The van der Waals surface area contributed by atoms with Crippen LogP contribution in [-0.2, 0) is 4.74 Å². The maximum Gasteiger partial charge on any atom is 0.264 e. The third-order valence-electron chi connectivity index (χ3n) is 2.65. The van der Waals surface area contributed by atoms with E-state index in [0.717, 1.165) is 4.88 Å². The molecule has 1 aromatic rings. The zero-order valence-electron chi connectivity index (χ0n) is 11.5. The van der Waals surface area contributed by atoms with Crippen molar-refractivity contribution in [1.82, 2.24) is 4.90 Å². The highest BCUT2D eigenvalue weighted by Crippen LogP contribution is 2.18. The van der Waals surface area contributed by atoms with E-state index >= 15 is 0 Å². The molecule has 0 aliphatic rings. The van der Waals surface area contributed by atoms with Gasteiger partial charge in [0.25, 0.3) is 5.91 Å². The normalized spacial score (nSPS) is 11.6. The van der Waals surface area contributed by atoms with Gasteiger partial charge in [-0.3, -0.25) is 4.79 Å². The van der Waals surface area contributed by atoms with Gasteiger partial charge in [0.05, 0.1) is 29.0 Å². The number of hydrogen-bond acceptors (Lipinski definition) is 4. The van der Waals surface area contributed by atoms with E-state index in [1.807, 2.05) is 13.0 Å². The van der Waals surface area contributed by atoms with E-state index in [1.165, 1.54) is 11.3 Å². The topological polar surface area (TPSA) is 49.8 Å². The van der Waals surface area contributed by atoms with Crippen LogP contribution in [0, 0.1) is 11.8 Å². The zero-order valence-corrected chi connectivity index (χ0v) is 12.3. The highest BCUT2D eigenvalue weighted by Gasteiger charge is 2.18. The molecule has 4 nitrogen and oxygen atoms in total.